The number of nitrogens with zero attached hydrogens (tertiary/aromatic N) is 1. The van der Waals surface area contributed by atoms with Crippen LogP contribution in [0.3, 0.4) is 0 Å². The summed E-state index contributed by atoms with van der Waals surface area (Å²) in [6, 6.07) is 6.06. The van der Waals surface area contributed by atoms with Gasteiger partial charge < -0.3 is 5.32 Å². The third kappa shape index (κ3) is 2.87. The highest BCUT2D eigenvalue weighted by Gasteiger charge is 2.17. The molecule has 2 aromatic rings. The van der Waals surface area contributed by atoms with Crippen LogP contribution in [0.1, 0.15) is 50.8 Å². The SMILES string of the molecule is CCc1cc(CC)c2cc(F)c(NC3CCCC3)cc2n1. The first-order valence-corrected chi connectivity index (χ1v) is 8.09. The standard InChI is InChI=1S/C18H23FN2/c1-3-12-9-13(4-2)20-17-11-18(16(19)10-15(12)17)21-14-7-5-6-8-14/h9-11,14,21H,3-8H2,1-2H3. The van der Waals surface area contributed by atoms with Gasteiger partial charge in [-0.2, -0.15) is 0 Å². The zero-order valence-corrected chi connectivity index (χ0v) is 12.9. The Morgan fingerprint density at radius 1 is 1.14 bits per heavy atom. The number of hydrogen-bond acceptors (Lipinski definition) is 2. The van der Waals surface area contributed by atoms with Crippen LogP contribution in [0.2, 0.25) is 0 Å². The zero-order chi connectivity index (χ0) is 14.8. The molecule has 3 rings (SSSR count). The molecule has 1 fully saturated rings. The summed E-state index contributed by atoms with van der Waals surface area (Å²) in [5.74, 6) is -0.157. The van der Waals surface area contributed by atoms with Crippen molar-refractivity contribution in [1.82, 2.24) is 4.98 Å². The minimum Gasteiger partial charge on any atom is -0.380 e. The van der Waals surface area contributed by atoms with Crippen molar-refractivity contribution in [2.45, 2.75) is 58.4 Å². The molecule has 0 saturated heterocycles. The van der Waals surface area contributed by atoms with Gasteiger partial charge in [0.05, 0.1) is 11.2 Å². The summed E-state index contributed by atoms with van der Waals surface area (Å²) >= 11 is 0. The van der Waals surface area contributed by atoms with Crippen LogP contribution in [0.25, 0.3) is 10.9 Å². The number of benzene rings is 1. The van der Waals surface area contributed by atoms with Crippen LogP contribution in [0.4, 0.5) is 10.1 Å². The van der Waals surface area contributed by atoms with E-state index in [-0.39, 0.29) is 5.82 Å². The maximum atomic E-state index is 14.4. The fraction of sp³-hybridized carbons (Fsp3) is 0.500. The molecule has 1 saturated carbocycles. The fourth-order valence-corrected chi connectivity index (χ4v) is 3.25. The van der Waals surface area contributed by atoms with Crippen LogP contribution < -0.4 is 5.32 Å². The van der Waals surface area contributed by atoms with E-state index in [9.17, 15) is 4.39 Å². The van der Waals surface area contributed by atoms with Gasteiger partial charge >= 0.3 is 0 Å². The zero-order valence-electron chi connectivity index (χ0n) is 12.9. The lowest BCUT2D eigenvalue weighted by atomic mass is 10.0. The van der Waals surface area contributed by atoms with E-state index in [2.05, 4.69) is 30.2 Å². The van der Waals surface area contributed by atoms with Gasteiger partial charge in [-0.25, -0.2) is 4.39 Å². The molecule has 1 aromatic heterocycles. The summed E-state index contributed by atoms with van der Waals surface area (Å²) in [7, 11) is 0. The molecule has 1 aliphatic rings. The quantitative estimate of drug-likeness (QED) is 0.868. The van der Waals surface area contributed by atoms with Crippen molar-refractivity contribution in [2.75, 3.05) is 5.32 Å². The van der Waals surface area contributed by atoms with Crippen molar-refractivity contribution in [3.63, 3.8) is 0 Å². The molecule has 1 heterocycles. The summed E-state index contributed by atoms with van der Waals surface area (Å²) in [5, 5.41) is 4.31. The third-order valence-electron chi connectivity index (χ3n) is 4.49. The lowest BCUT2D eigenvalue weighted by Gasteiger charge is -2.16. The van der Waals surface area contributed by atoms with Gasteiger partial charge in [-0.15, -0.1) is 0 Å². The molecule has 0 spiro atoms. The van der Waals surface area contributed by atoms with E-state index in [1.54, 1.807) is 6.07 Å². The summed E-state index contributed by atoms with van der Waals surface area (Å²) in [6.07, 6.45) is 6.57. The fourth-order valence-electron chi connectivity index (χ4n) is 3.25. The molecule has 2 nitrogen and oxygen atoms in total. The van der Waals surface area contributed by atoms with Crippen LogP contribution in [0, 0.1) is 5.82 Å². The van der Waals surface area contributed by atoms with E-state index in [1.807, 2.05) is 6.07 Å². The van der Waals surface area contributed by atoms with Crippen molar-refractivity contribution in [3.8, 4) is 0 Å². The molecule has 1 aromatic carbocycles. The van der Waals surface area contributed by atoms with E-state index in [1.165, 1.54) is 18.4 Å². The second kappa shape index (κ2) is 6.00. The van der Waals surface area contributed by atoms with Gasteiger partial charge in [0.1, 0.15) is 5.82 Å². The van der Waals surface area contributed by atoms with E-state index in [4.69, 9.17) is 0 Å². The molecule has 0 atom stereocenters. The molecular formula is C18H23FN2. The van der Waals surface area contributed by atoms with Crippen LogP contribution in [-0.4, -0.2) is 11.0 Å². The Kier molecular flexibility index (Phi) is 4.09. The first-order chi connectivity index (χ1) is 10.2. The molecule has 0 aliphatic heterocycles. The summed E-state index contributed by atoms with van der Waals surface area (Å²) < 4.78 is 14.4. The van der Waals surface area contributed by atoms with Gasteiger partial charge in [-0.05, 0) is 49.4 Å². The van der Waals surface area contributed by atoms with E-state index < -0.39 is 0 Å². The Hall–Kier alpha value is -1.64. The van der Waals surface area contributed by atoms with Crippen molar-refractivity contribution in [1.29, 1.82) is 0 Å². The number of rotatable bonds is 4. The van der Waals surface area contributed by atoms with Gasteiger partial charge in [0.25, 0.3) is 0 Å². The smallest absolute Gasteiger partial charge is 0.147 e. The Morgan fingerprint density at radius 2 is 1.90 bits per heavy atom. The lowest BCUT2D eigenvalue weighted by molar-refractivity contribution is 0.625. The van der Waals surface area contributed by atoms with E-state index in [0.29, 0.717) is 11.7 Å². The Morgan fingerprint density at radius 3 is 2.57 bits per heavy atom. The van der Waals surface area contributed by atoms with Gasteiger partial charge in [0.15, 0.2) is 0 Å². The molecular weight excluding hydrogens is 263 g/mol. The van der Waals surface area contributed by atoms with Crippen molar-refractivity contribution < 1.29 is 4.39 Å². The van der Waals surface area contributed by atoms with Crippen molar-refractivity contribution in [3.05, 3.63) is 35.3 Å². The van der Waals surface area contributed by atoms with Crippen LogP contribution in [0.15, 0.2) is 18.2 Å². The predicted molar refractivity (Wildman–Crippen MR) is 86.3 cm³/mol. The first kappa shape index (κ1) is 14.3. The van der Waals surface area contributed by atoms with Crippen LogP contribution >= 0.6 is 0 Å². The van der Waals surface area contributed by atoms with Crippen LogP contribution in [0.5, 0.6) is 0 Å². The number of fused-ring (bicyclic) bond motifs is 1. The number of halogens is 1. The molecule has 0 radical (unpaired) electrons. The monoisotopic (exact) mass is 286 g/mol. The van der Waals surface area contributed by atoms with Gasteiger partial charge in [-0.3, -0.25) is 4.98 Å². The third-order valence-corrected chi connectivity index (χ3v) is 4.49. The summed E-state index contributed by atoms with van der Waals surface area (Å²) in [4.78, 5) is 4.67. The summed E-state index contributed by atoms with van der Waals surface area (Å²) in [5.41, 5.74) is 3.78. The minimum absolute atomic E-state index is 0.157. The largest absolute Gasteiger partial charge is 0.380 e. The minimum atomic E-state index is -0.157. The molecule has 1 N–H and O–H groups in total. The van der Waals surface area contributed by atoms with Crippen molar-refractivity contribution in [2.24, 2.45) is 0 Å². The maximum Gasteiger partial charge on any atom is 0.147 e. The average molecular weight is 286 g/mol. The molecule has 0 unspecified atom stereocenters. The Labute approximate surface area is 125 Å². The number of aromatic nitrogens is 1. The number of anilines is 1. The maximum absolute atomic E-state index is 14.4. The molecule has 21 heavy (non-hydrogen) atoms. The lowest BCUT2D eigenvalue weighted by Crippen LogP contribution is -2.15. The van der Waals surface area contributed by atoms with E-state index in [0.717, 1.165) is 42.3 Å². The second-order valence-corrected chi connectivity index (χ2v) is 5.95. The normalized spacial score (nSPS) is 15.8. The first-order valence-electron chi connectivity index (χ1n) is 8.09. The van der Waals surface area contributed by atoms with Crippen molar-refractivity contribution >= 4 is 16.6 Å². The van der Waals surface area contributed by atoms with Gasteiger partial charge in [0, 0.05) is 17.1 Å². The molecule has 3 heteroatoms. The Bertz CT molecular complexity index is 645. The number of hydrogen-bond donors (Lipinski definition) is 1. The highest BCUT2D eigenvalue weighted by molar-refractivity contribution is 5.86. The molecule has 1 aliphatic carbocycles. The highest BCUT2D eigenvalue weighted by atomic mass is 19.1. The molecule has 0 bridgehead atoms. The van der Waals surface area contributed by atoms with Crippen LogP contribution in [-0.2, 0) is 12.8 Å². The topological polar surface area (TPSA) is 24.9 Å². The van der Waals surface area contributed by atoms with Gasteiger partial charge in [-0.1, -0.05) is 26.7 Å². The number of aryl methyl sites for hydroxylation is 2. The van der Waals surface area contributed by atoms with E-state index >= 15 is 0 Å². The second-order valence-electron chi connectivity index (χ2n) is 5.95. The molecule has 0 amide bonds. The number of nitrogens with one attached hydrogen (secondary N) is 1. The summed E-state index contributed by atoms with van der Waals surface area (Å²) in [6.45, 7) is 4.21. The predicted octanol–water partition coefficient (Wildman–Crippen LogP) is 4.85. The Balaban J connectivity index is 2.04. The van der Waals surface area contributed by atoms with Gasteiger partial charge in [0.2, 0.25) is 0 Å². The molecule has 112 valence electrons. The average Bonchev–Trinajstić information content (AvgIpc) is 3.00. The number of pyridine rings is 1. The highest BCUT2D eigenvalue weighted by Crippen LogP contribution is 2.28.